The largest absolute Gasteiger partial charge is 0.325 e. The van der Waals surface area contributed by atoms with Crippen LogP contribution >= 0.6 is 15.9 Å². The van der Waals surface area contributed by atoms with Gasteiger partial charge >= 0.3 is 6.03 Å². The Morgan fingerprint density at radius 2 is 2.05 bits per heavy atom. The number of nitrogens with one attached hydrogen (secondary N) is 1. The Kier molecular flexibility index (Phi) is 3.62. The van der Waals surface area contributed by atoms with Gasteiger partial charge in [0.15, 0.2) is 0 Å². The number of hydrogen-bond donors (Lipinski definition) is 1. The van der Waals surface area contributed by atoms with Crippen LogP contribution in [0, 0.1) is 5.82 Å². The Labute approximate surface area is 119 Å². The smallest absolute Gasteiger partial charge is 0.306 e. The van der Waals surface area contributed by atoms with Gasteiger partial charge in [0, 0.05) is 11.0 Å². The molecule has 0 aliphatic carbocycles. The fraction of sp³-hybridized carbons (Fsp3) is 0.385. The third kappa shape index (κ3) is 2.49. The van der Waals surface area contributed by atoms with Gasteiger partial charge in [-0.3, -0.25) is 10.1 Å². The first-order valence-electron chi connectivity index (χ1n) is 5.95. The lowest BCUT2D eigenvalue weighted by Gasteiger charge is -2.30. The summed E-state index contributed by atoms with van der Waals surface area (Å²) in [6.07, 6.45) is 0.501. The highest BCUT2D eigenvalue weighted by Crippen LogP contribution is 2.28. The minimum absolute atomic E-state index is 0.193. The van der Waals surface area contributed by atoms with Gasteiger partial charge in [0.25, 0.3) is 5.91 Å². The number of carbonyl (C=O) groups is 2. The monoisotopic (exact) mass is 328 g/mol. The number of hydrogen-bond acceptors (Lipinski definition) is 2. The average Bonchev–Trinajstić information content (AvgIpc) is 2.52. The van der Waals surface area contributed by atoms with E-state index in [1.165, 1.54) is 17.0 Å². The average molecular weight is 329 g/mol. The Balaban J connectivity index is 2.31. The number of urea groups is 1. The first kappa shape index (κ1) is 14.0. The molecule has 4 nitrogen and oxygen atoms in total. The molecule has 1 aromatic rings. The normalized spacial score (nSPS) is 22.8. The molecule has 1 unspecified atom stereocenters. The van der Waals surface area contributed by atoms with Crippen molar-refractivity contribution in [1.82, 2.24) is 10.2 Å². The van der Waals surface area contributed by atoms with Gasteiger partial charge in [0.05, 0.1) is 0 Å². The Morgan fingerprint density at radius 1 is 1.37 bits per heavy atom. The topological polar surface area (TPSA) is 49.4 Å². The molecule has 0 aromatic heterocycles. The first-order chi connectivity index (χ1) is 8.86. The minimum Gasteiger partial charge on any atom is -0.306 e. The van der Waals surface area contributed by atoms with Crippen molar-refractivity contribution in [1.29, 1.82) is 0 Å². The quantitative estimate of drug-likeness (QED) is 0.867. The highest BCUT2D eigenvalue weighted by molar-refractivity contribution is 9.10. The number of benzene rings is 1. The van der Waals surface area contributed by atoms with E-state index >= 15 is 0 Å². The lowest BCUT2D eigenvalue weighted by Crippen LogP contribution is -2.45. The van der Waals surface area contributed by atoms with Crippen LogP contribution in [-0.2, 0) is 11.3 Å². The summed E-state index contributed by atoms with van der Waals surface area (Å²) in [5.74, 6) is -0.691. The molecule has 2 rings (SSSR count). The molecule has 0 bridgehead atoms. The Bertz CT molecular complexity index is 529. The van der Waals surface area contributed by atoms with Crippen molar-refractivity contribution in [3.63, 3.8) is 0 Å². The Hall–Kier alpha value is -1.43. The van der Waals surface area contributed by atoms with E-state index < -0.39 is 11.6 Å². The molecular weight excluding hydrogens is 315 g/mol. The number of halogens is 2. The van der Waals surface area contributed by atoms with Gasteiger partial charge in [-0.15, -0.1) is 0 Å². The summed E-state index contributed by atoms with van der Waals surface area (Å²) < 4.78 is 13.9. The van der Waals surface area contributed by atoms with Gasteiger partial charge in [0.1, 0.15) is 11.4 Å². The maximum Gasteiger partial charge on any atom is 0.325 e. The lowest BCUT2D eigenvalue weighted by molar-refractivity contribution is -0.126. The third-order valence-corrected chi connectivity index (χ3v) is 3.96. The summed E-state index contributed by atoms with van der Waals surface area (Å²) >= 11 is 3.21. The minimum atomic E-state index is -0.879. The van der Waals surface area contributed by atoms with E-state index in [9.17, 15) is 14.0 Å². The fourth-order valence-corrected chi connectivity index (χ4v) is 2.64. The van der Waals surface area contributed by atoms with E-state index in [2.05, 4.69) is 21.2 Å². The molecule has 1 heterocycles. The summed E-state index contributed by atoms with van der Waals surface area (Å²) in [5.41, 5.74) is -0.244. The zero-order valence-corrected chi connectivity index (χ0v) is 12.3. The van der Waals surface area contributed by atoms with Crippen molar-refractivity contribution in [3.8, 4) is 0 Å². The van der Waals surface area contributed by atoms with E-state index in [0.717, 1.165) is 0 Å². The predicted molar refractivity (Wildman–Crippen MR) is 71.9 cm³/mol. The maximum absolute atomic E-state index is 13.3. The van der Waals surface area contributed by atoms with Gasteiger partial charge < -0.3 is 4.90 Å². The number of amides is 3. The molecule has 1 atom stereocenters. The van der Waals surface area contributed by atoms with E-state index in [0.29, 0.717) is 16.5 Å². The van der Waals surface area contributed by atoms with Crippen molar-refractivity contribution in [2.24, 2.45) is 0 Å². The van der Waals surface area contributed by atoms with E-state index in [-0.39, 0.29) is 18.3 Å². The molecule has 19 heavy (non-hydrogen) atoms. The number of nitrogens with zero attached hydrogens (tertiary/aromatic N) is 1. The highest BCUT2D eigenvalue weighted by Gasteiger charge is 2.47. The molecule has 0 radical (unpaired) electrons. The van der Waals surface area contributed by atoms with Gasteiger partial charge in [0.2, 0.25) is 0 Å². The molecule has 1 saturated heterocycles. The molecule has 1 aromatic carbocycles. The SMILES string of the molecule is CCC1(C)C(=O)NC(=O)N1Cc1cc(F)cc(Br)c1. The summed E-state index contributed by atoms with van der Waals surface area (Å²) in [7, 11) is 0. The van der Waals surface area contributed by atoms with Crippen LogP contribution < -0.4 is 5.32 Å². The molecule has 1 aliphatic heterocycles. The van der Waals surface area contributed by atoms with E-state index in [1.54, 1.807) is 13.0 Å². The highest BCUT2D eigenvalue weighted by atomic mass is 79.9. The van der Waals surface area contributed by atoms with Crippen LogP contribution in [0.1, 0.15) is 25.8 Å². The second-order valence-corrected chi connectivity index (χ2v) is 5.67. The first-order valence-corrected chi connectivity index (χ1v) is 6.74. The second kappa shape index (κ2) is 4.92. The summed E-state index contributed by atoms with van der Waals surface area (Å²) in [6, 6.07) is 4.00. The molecular formula is C13H14BrFN2O2. The molecule has 1 fully saturated rings. The van der Waals surface area contributed by atoms with Crippen molar-refractivity contribution >= 4 is 27.9 Å². The van der Waals surface area contributed by atoms with Crippen LogP contribution in [-0.4, -0.2) is 22.4 Å². The van der Waals surface area contributed by atoms with Crippen molar-refractivity contribution in [3.05, 3.63) is 34.1 Å². The van der Waals surface area contributed by atoms with Crippen LogP contribution in [0.2, 0.25) is 0 Å². The summed E-state index contributed by atoms with van der Waals surface area (Å²) in [6.45, 7) is 3.74. The second-order valence-electron chi connectivity index (χ2n) is 4.75. The molecule has 1 N–H and O–H groups in total. The lowest BCUT2D eigenvalue weighted by atomic mass is 9.97. The molecule has 3 amide bonds. The number of carbonyl (C=O) groups excluding carboxylic acids is 2. The third-order valence-electron chi connectivity index (χ3n) is 3.50. The van der Waals surface area contributed by atoms with Gasteiger partial charge in [-0.2, -0.15) is 0 Å². The van der Waals surface area contributed by atoms with E-state index in [4.69, 9.17) is 0 Å². The van der Waals surface area contributed by atoms with Crippen molar-refractivity contribution in [2.45, 2.75) is 32.4 Å². The number of imide groups is 1. The predicted octanol–water partition coefficient (Wildman–Crippen LogP) is 2.81. The van der Waals surface area contributed by atoms with Gasteiger partial charge in [-0.25, -0.2) is 9.18 Å². The van der Waals surface area contributed by atoms with Crippen molar-refractivity contribution < 1.29 is 14.0 Å². The Morgan fingerprint density at radius 3 is 2.63 bits per heavy atom. The van der Waals surface area contributed by atoms with Crippen LogP contribution in [0.25, 0.3) is 0 Å². The zero-order valence-electron chi connectivity index (χ0n) is 10.7. The molecule has 0 saturated carbocycles. The van der Waals surface area contributed by atoms with Crippen LogP contribution in [0.5, 0.6) is 0 Å². The molecule has 1 aliphatic rings. The standard InChI is InChI=1S/C13H14BrFN2O2/c1-3-13(2)11(18)16-12(19)17(13)7-8-4-9(14)6-10(15)5-8/h4-6H,3,7H2,1-2H3,(H,16,18,19). The maximum atomic E-state index is 13.3. The van der Waals surface area contributed by atoms with Gasteiger partial charge in [-0.05, 0) is 37.1 Å². The number of rotatable bonds is 3. The summed E-state index contributed by atoms with van der Waals surface area (Å²) in [4.78, 5) is 25.1. The fourth-order valence-electron chi connectivity index (χ4n) is 2.13. The van der Waals surface area contributed by atoms with Crippen molar-refractivity contribution in [2.75, 3.05) is 0 Å². The molecule has 102 valence electrons. The molecule has 0 spiro atoms. The van der Waals surface area contributed by atoms with Crippen LogP contribution in [0.4, 0.5) is 9.18 Å². The van der Waals surface area contributed by atoms with Crippen LogP contribution in [0.15, 0.2) is 22.7 Å². The van der Waals surface area contributed by atoms with E-state index in [1.807, 2.05) is 6.92 Å². The van der Waals surface area contributed by atoms with Crippen LogP contribution in [0.3, 0.4) is 0 Å². The van der Waals surface area contributed by atoms with Gasteiger partial charge in [-0.1, -0.05) is 22.9 Å². The summed E-state index contributed by atoms with van der Waals surface area (Å²) in [5, 5.41) is 2.30. The molecule has 6 heteroatoms. The zero-order chi connectivity index (χ0) is 14.2.